The molecule has 0 saturated carbocycles. The number of isocyanates is 1. The van der Waals surface area contributed by atoms with Crippen molar-refractivity contribution in [2.45, 2.75) is 16.5 Å². The van der Waals surface area contributed by atoms with Gasteiger partial charge in [0.2, 0.25) is 6.08 Å². The van der Waals surface area contributed by atoms with Crippen molar-refractivity contribution >= 4 is 29.3 Å². The number of hydrogen-bond donors (Lipinski definition) is 1. The summed E-state index contributed by atoms with van der Waals surface area (Å²) in [6.45, 7) is 0. The highest BCUT2D eigenvalue weighted by Crippen LogP contribution is 2.46. The fraction of sp³-hybridized carbons (Fsp3) is 0.750. The summed E-state index contributed by atoms with van der Waals surface area (Å²) in [5.41, 5.74) is -4.51. The van der Waals surface area contributed by atoms with Gasteiger partial charge in [0.15, 0.2) is 0 Å². The number of nitrogens with zero attached hydrogens (tertiary/aromatic N) is 1. The zero-order chi connectivity index (χ0) is 10.9. The first-order valence-corrected chi connectivity index (χ1v) is 3.26. The van der Waals surface area contributed by atoms with Gasteiger partial charge in [0.1, 0.15) is 0 Å². The lowest BCUT2D eigenvalue weighted by Gasteiger charge is -2.29. The average molecular weight is 242 g/mol. The van der Waals surface area contributed by atoms with E-state index in [0.29, 0.717) is 6.08 Å². The van der Waals surface area contributed by atoms with E-state index in [2.05, 4.69) is 23.2 Å². The minimum absolute atomic E-state index is 0.317. The van der Waals surface area contributed by atoms with Crippen LogP contribution in [0.15, 0.2) is 4.99 Å². The van der Waals surface area contributed by atoms with E-state index in [4.69, 9.17) is 5.11 Å². The molecule has 0 radical (unpaired) electrons. The van der Waals surface area contributed by atoms with Crippen LogP contribution in [0.3, 0.4) is 0 Å². The molecule has 1 N–H and O–H groups in total. The predicted octanol–water partition coefficient (Wildman–Crippen LogP) is 1.67. The molecule has 0 aliphatic carbocycles. The second-order valence-electron chi connectivity index (χ2n) is 1.87. The maximum atomic E-state index is 12.1. The molecule has 0 bridgehead atoms. The molecule has 0 aromatic rings. The molecule has 76 valence electrons. The molecule has 0 aliphatic heterocycles. The van der Waals surface area contributed by atoms with E-state index in [1.165, 1.54) is 0 Å². The van der Waals surface area contributed by atoms with Gasteiger partial charge in [-0.2, -0.15) is 22.6 Å². The first kappa shape index (κ1) is 12.6. The van der Waals surface area contributed by atoms with Crippen LogP contribution in [0.5, 0.6) is 0 Å². The van der Waals surface area contributed by atoms with Crippen LogP contribution in [0.2, 0.25) is 0 Å². The third kappa shape index (κ3) is 2.31. The molecule has 0 aromatic carbocycles. The second kappa shape index (κ2) is 3.42. The van der Waals surface area contributed by atoms with Crippen molar-refractivity contribution in [3.05, 3.63) is 0 Å². The molecule has 0 unspecified atom stereocenters. The first-order chi connectivity index (χ1) is 5.56. The third-order valence-electron chi connectivity index (χ3n) is 0.998. The van der Waals surface area contributed by atoms with Crippen molar-refractivity contribution in [2.75, 3.05) is 0 Å². The Kier molecular flexibility index (Phi) is 3.32. The fourth-order valence-electron chi connectivity index (χ4n) is 0.354. The lowest BCUT2D eigenvalue weighted by atomic mass is 10.2. The Morgan fingerprint density at radius 3 is 1.54 bits per heavy atom. The Morgan fingerprint density at radius 2 is 1.46 bits per heavy atom. The minimum atomic E-state index is -4.89. The Morgan fingerprint density at radius 1 is 1.15 bits per heavy atom. The molecule has 9 heteroatoms. The lowest BCUT2D eigenvalue weighted by Crippen LogP contribution is -2.54. The number of rotatable bonds is 3. The number of aliphatic hydroxyl groups is 1. The SMILES string of the molecule is O=C=NC(O)(C(F)(F)Cl)C(F)(F)Cl. The van der Waals surface area contributed by atoms with Crippen LogP contribution >= 0.6 is 23.2 Å². The molecule has 13 heavy (non-hydrogen) atoms. The molecule has 0 amide bonds. The highest BCUT2D eigenvalue weighted by atomic mass is 35.5. The Hall–Kier alpha value is -0.360. The summed E-state index contributed by atoms with van der Waals surface area (Å²) in [5.74, 6) is 0. The molecular formula is C4HCl2F4NO2. The lowest BCUT2D eigenvalue weighted by molar-refractivity contribution is -0.211. The van der Waals surface area contributed by atoms with Crippen LogP contribution < -0.4 is 0 Å². The second-order valence-corrected chi connectivity index (χ2v) is 2.82. The Balaban J connectivity index is 5.33. The molecule has 0 spiro atoms. The molecule has 0 aliphatic rings. The smallest absolute Gasteiger partial charge is 0.357 e. The summed E-state index contributed by atoms with van der Waals surface area (Å²) in [5, 5.41) is -1.30. The van der Waals surface area contributed by atoms with Gasteiger partial charge in [0.05, 0.1) is 0 Å². The van der Waals surface area contributed by atoms with Gasteiger partial charge in [-0.25, -0.2) is 4.79 Å². The largest absolute Gasteiger partial charge is 0.378 e. The highest BCUT2D eigenvalue weighted by molar-refractivity contribution is 6.26. The quantitative estimate of drug-likeness (QED) is 0.354. The zero-order valence-corrected chi connectivity index (χ0v) is 7.08. The van der Waals surface area contributed by atoms with Gasteiger partial charge in [-0.1, -0.05) is 0 Å². The zero-order valence-electron chi connectivity index (χ0n) is 5.57. The molecule has 0 atom stereocenters. The molecular weight excluding hydrogens is 241 g/mol. The Bertz CT molecular complexity index is 228. The first-order valence-electron chi connectivity index (χ1n) is 2.51. The standard InChI is InChI=1S/C4HCl2F4NO2/c5-3(7,8)2(13,11-1-12)4(6,9)10/h13H. The van der Waals surface area contributed by atoms with Crippen molar-refractivity contribution < 1.29 is 27.5 Å². The molecule has 3 nitrogen and oxygen atoms in total. The normalized spacial score (nSPS) is 13.8. The number of carbonyl (C=O) groups excluding carboxylic acids is 1. The van der Waals surface area contributed by atoms with Gasteiger partial charge in [-0.05, 0) is 23.2 Å². The third-order valence-corrected chi connectivity index (χ3v) is 1.53. The molecule has 0 fully saturated rings. The number of halogens is 6. The maximum Gasteiger partial charge on any atom is 0.378 e. The maximum absolute atomic E-state index is 12.1. The van der Waals surface area contributed by atoms with Crippen molar-refractivity contribution in [3.63, 3.8) is 0 Å². The monoisotopic (exact) mass is 241 g/mol. The summed E-state index contributed by atoms with van der Waals surface area (Å²) in [6, 6.07) is 0. The molecule has 0 aromatic heterocycles. The van der Waals surface area contributed by atoms with Gasteiger partial charge < -0.3 is 5.11 Å². The van der Waals surface area contributed by atoms with E-state index in [-0.39, 0.29) is 0 Å². The van der Waals surface area contributed by atoms with Gasteiger partial charge in [-0.15, -0.1) is 0 Å². The van der Waals surface area contributed by atoms with E-state index in [1.54, 1.807) is 4.99 Å². The number of alkyl halides is 6. The van der Waals surface area contributed by atoms with Crippen molar-refractivity contribution in [3.8, 4) is 0 Å². The van der Waals surface area contributed by atoms with E-state index < -0.39 is 16.5 Å². The van der Waals surface area contributed by atoms with E-state index >= 15 is 0 Å². The molecule has 0 rings (SSSR count). The topological polar surface area (TPSA) is 49.7 Å². The molecule has 0 saturated heterocycles. The summed E-state index contributed by atoms with van der Waals surface area (Å²) in [6.07, 6.45) is 0.317. The van der Waals surface area contributed by atoms with Gasteiger partial charge in [-0.3, -0.25) is 0 Å². The summed E-state index contributed by atoms with van der Waals surface area (Å²) in [7, 11) is 0. The van der Waals surface area contributed by atoms with Gasteiger partial charge >= 0.3 is 16.5 Å². The van der Waals surface area contributed by atoms with Gasteiger partial charge in [0, 0.05) is 0 Å². The minimum Gasteiger partial charge on any atom is -0.357 e. The summed E-state index contributed by atoms with van der Waals surface area (Å²) >= 11 is 8.17. The van der Waals surface area contributed by atoms with Crippen LogP contribution in [0, 0.1) is 0 Å². The van der Waals surface area contributed by atoms with E-state index in [1.807, 2.05) is 0 Å². The van der Waals surface area contributed by atoms with Crippen LogP contribution in [-0.2, 0) is 4.79 Å². The van der Waals surface area contributed by atoms with Crippen LogP contribution in [0.4, 0.5) is 17.6 Å². The highest BCUT2D eigenvalue weighted by Gasteiger charge is 2.68. The average Bonchev–Trinajstić information content (AvgIpc) is 1.82. The predicted molar refractivity (Wildman–Crippen MR) is 34.7 cm³/mol. The van der Waals surface area contributed by atoms with Crippen molar-refractivity contribution in [1.29, 1.82) is 0 Å². The number of hydrogen-bond acceptors (Lipinski definition) is 3. The fourth-order valence-corrected chi connectivity index (χ4v) is 0.724. The van der Waals surface area contributed by atoms with Crippen LogP contribution in [0.25, 0.3) is 0 Å². The Labute approximate surface area is 79.0 Å². The summed E-state index contributed by atoms with van der Waals surface area (Å²) in [4.78, 5) is 11.3. The van der Waals surface area contributed by atoms with Crippen molar-refractivity contribution in [2.24, 2.45) is 4.99 Å². The summed E-state index contributed by atoms with van der Waals surface area (Å²) < 4.78 is 48.5. The van der Waals surface area contributed by atoms with Crippen molar-refractivity contribution in [1.82, 2.24) is 0 Å². The number of aliphatic imine (C=N–C) groups is 1. The van der Waals surface area contributed by atoms with E-state index in [9.17, 15) is 22.4 Å². The van der Waals surface area contributed by atoms with Gasteiger partial charge in [0.25, 0.3) is 0 Å². The van der Waals surface area contributed by atoms with E-state index in [0.717, 1.165) is 0 Å². The van der Waals surface area contributed by atoms with Crippen LogP contribution in [0.1, 0.15) is 0 Å². The van der Waals surface area contributed by atoms with Crippen LogP contribution in [-0.4, -0.2) is 27.7 Å². The molecule has 0 heterocycles.